The summed E-state index contributed by atoms with van der Waals surface area (Å²) in [6, 6.07) is 24.3. The minimum absolute atomic E-state index is 0.572. The SMILES string of the molecule is c1ccc(C2CCc3ccc4ccccc4c32)cc1. The van der Waals surface area contributed by atoms with Crippen LogP contribution in [-0.4, -0.2) is 0 Å². The quantitative estimate of drug-likeness (QED) is 0.570. The Balaban J connectivity index is 1.97. The van der Waals surface area contributed by atoms with Crippen molar-refractivity contribution >= 4 is 10.8 Å². The van der Waals surface area contributed by atoms with Gasteiger partial charge in [-0.1, -0.05) is 66.7 Å². The van der Waals surface area contributed by atoms with Crippen LogP contribution in [0.25, 0.3) is 10.8 Å². The average Bonchev–Trinajstić information content (AvgIpc) is 2.92. The highest BCUT2D eigenvalue weighted by Gasteiger charge is 2.25. The number of fused-ring (bicyclic) bond motifs is 3. The average molecular weight is 244 g/mol. The molecule has 3 aromatic carbocycles. The highest BCUT2D eigenvalue weighted by atomic mass is 14.3. The second-order valence-corrected chi connectivity index (χ2v) is 5.36. The molecule has 1 unspecified atom stereocenters. The molecule has 4 rings (SSSR count). The third kappa shape index (κ3) is 1.67. The smallest absolute Gasteiger partial charge is 0.0101 e. The van der Waals surface area contributed by atoms with Gasteiger partial charge in [0.25, 0.3) is 0 Å². The van der Waals surface area contributed by atoms with Crippen LogP contribution < -0.4 is 0 Å². The molecule has 0 aliphatic heterocycles. The first kappa shape index (κ1) is 10.8. The Bertz CT molecular complexity index is 725. The summed E-state index contributed by atoms with van der Waals surface area (Å²) in [6.07, 6.45) is 2.45. The number of hydrogen-bond donors (Lipinski definition) is 0. The van der Waals surface area contributed by atoms with Crippen molar-refractivity contribution in [2.75, 3.05) is 0 Å². The maximum Gasteiger partial charge on any atom is 0.0101 e. The van der Waals surface area contributed by atoms with Gasteiger partial charge in [0.05, 0.1) is 0 Å². The fraction of sp³-hybridized carbons (Fsp3) is 0.158. The normalized spacial score (nSPS) is 17.6. The zero-order valence-electron chi connectivity index (χ0n) is 10.8. The molecule has 19 heavy (non-hydrogen) atoms. The van der Waals surface area contributed by atoms with Gasteiger partial charge in [-0.05, 0) is 40.3 Å². The Kier molecular flexibility index (Phi) is 2.41. The highest BCUT2D eigenvalue weighted by molar-refractivity contribution is 5.88. The van der Waals surface area contributed by atoms with E-state index in [1.807, 2.05) is 0 Å². The standard InChI is InChI=1S/C19H16/c1-2-6-14(7-3-1)18-13-12-16-11-10-15-8-4-5-9-17(15)19(16)18/h1-11,18H,12-13H2. The molecule has 1 aliphatic rings. The number of aryl methyl sites for hydroxylation is 1. The van der Waals surface area contributed by atoms with Crippen LogP contribution in [0.2, 0.25) is 0 Å². The monoisotopic (exact) mass is 244 g/mol. The molecule has 3 aromatic rings. The largest absolute Gasteiger partial charge is 0.0622 e. The van der Waals surface area contributed by atoms with Crippen LogP contribution in [0.15, 0.2) is 66.7 Å². The van der Waals surface area contributed by atoms with Crippen LogP contribution in [0, 0.1) is 0 Å². The molecule has 0 saturated heterocycles. The predicted molar refractivity (Wildman–Crippen MR) is 80.6 cm³/mol. The van der Waals surface area contributed by atoms with Crippen LogP contribution in [0.4, 0.5) is 0 Å². The minimum Gasteiger partial charge on any atom is -0.0622 e. The molecule has 1 aliphatic carbocycles. The summed E-state index contributed by atoms with van der Waals surface area (Å²) in [4.78, 5) is 0. The lowest BCUT2D eigenvalue weighted by atomic mass is 9.89. The van der Waals surface area contributed by atoms with Crippen LogP contribution >= 0.6 is 0 Å². The lowest BCUT2D eigenvalue weighted by molar-refractivity contribution is 0.791. The molecule has 0 heteroatoms. The van der Waals surface area contributed by atoms with Gasteiger partial charge in [0.2, 0.25) is 0 Å². The molecule has 0 saturated carbocycles. The molecule has 0 N–H and O–H groups in total. The van der Waals surface area contributed by atoms with Crippen molar-refractivity contribution in [3.63, 3.8) is 0 Å². The maximum absolute atomic E-state index is 2.32. The van der Waals surface area contributed by atoms with Gasteiger partial charge < -0.3 is 0 Å². The Morgan fingerprint density at radius 1 is 0.737 bits per heavy atom. The summed E-state index contributed by atoms with van der Waals surface area (Å²) in [7, 11) is 0. The molecule has 0 amide bonds. The predicted octanol–water partition coefficient (Wildman–Crippen LogP) is 4.92. The molecule has 0 nitrogen and oxygen atoms in total. The third-order valence-corrected chi connectivity index (χ3v) is 4.31. The Morgan fingerprint density at radius 2 is 1.53 bits per heavy atom. The van der Waals surface area contributed by atoms with Gasteiger partial charge in [-0.25, -0.2) is 0 Å². The van der Waals surface area contributed by atoms with Crippen LogP contribution in [0.3, 0.4) is 0 Å². The zero-order chi connectivity index (χ0) is 12.7. The first-order chi connectivity index (χ1) is 9.43. The van der Waals surface area contributed by atoms with E-state index in [1.54, 1.807) is 5.56 Å². The molecular weight excluding hydrogens is 228 g/mol. The molecule has 0 radical (unpaired) electrons. The van der Waals surface area contributed by atoms with Crippen molar-refractivity contribution in [1.29, 1.82) is 0 Å². The van der Waals surface area contributed by atoms with Crippen LogP contribution in [0.1, 0.15) is 29.0 Å². The first-order valence-electron chi connectivity index (χ1n) is 6.99. The fourth-order valence-electron chi connectivity index (χ4n) is 3.43. The van der Waals surface area contributed by atoms with Crippen molar-refractivity contribution < 1.29 is 0 Å². The first-order valence-corrected chi connectivity index (χ1v) is 6.99. The molecule has 0 heterocycles. The number of benzene rings is 3. The Morgan fingerprint density at radius 3 is 2.42 bits per heavy atom. The number of hydrogen-bond acceptors (Lipinski definition) is 0. The number of rotatable bonds is 1. The van der Waals surface area contributed by atoms with Gasteiger partial charge in [0.15, 0.2) is 0 Å². The van der Waals surface area contributed by atoms with Gasteiger partial charge in [0.1, 0.15) is 0 Å². The van der Waals surface area contributed by atoms with Crippen LogP contribution in [-0.2, 0) is 6.42 Å². The van der Waals surface area contributed by atoms with E-state index in [4.69, 9.17) is 0 Å². The second kappa shape index (κ2) is 4.24. The Hall–Kier alpha value is -2.08. The van der Waals surface area contributed by atoms with Crippen molar-refractivity contribution in [3.05, 3.63) is 83.4 Å². The van der Waals surface area contributed by atoms with E-state index in [9.17, 15) is 0 Å². The summed E-state index contributed by atoms with van der Waals surface area (Å²) >= 11 is 0. The van der Waals surface area contributed by atoms with Crippen molar-refractivity contribution in [3.8, 4) is 0 Å². The third-order valence-electron chi connectivity index (χ3n) is 4.31. The fourth-order valence-corrected chi connectivity index (χ4v) is 3.43. The van der Waals surface area contributed by atoms with E-state index in [-0.39, 0.29) is 0 Å². The summed E-state index contributed by atoms with van der Waals surface area (Å²) in [5.41, 5.74) is 4.55. The molecule has 92 valence electrons. The lowest BCUT2D eigenvalue weighted by Gasteiger charge is -2.14. The van der Waals surface area contributed by atoms with Crippen molar-refractivity contribution in [1.82, 2.24) is 0 Å². The molecule has 0 spiro atoms. The van der Waals surface area contributed by atoms with E-state index in [1.165, 1.54) is 34.7 Å². The van der Waals surface area contributed by atoms with Gasteiger partial charge in [-0.15, -0.1) is 0 Å². The van der Waals surface area contributed by atoms with Gasteiger partial charge >= 0.3 is 0 Å². The van der Waals surface area contributed by atoms with Gasteiger partial charge in [-0.3, -0.25) is 0 Å². The lowest BCUT2D eigenvalue weighted by Crippen LogP contribution is -1.96. The van der Waals surface area contributed by atoms with E-state index in [0.29, 0.717) is 5.92 Å². The minimum atomic E-state index is 0.572. The highest BCUT2D eigenvalue weighted by Crippen LogP contribution is 2.41. The zero-order valence-corrected chi connectivity index (χ0v) is 10.8. The summed E-state index contributed by atoms with van der Waals surface area (Å²) in [5.74, 6) is 0.572. The topological polar surface area (TPSA) is 0 Å². The van der Waals surface area contributed by atoms with Gasteiger partial charge in [0, 0.05) is 5.92 Å². The van der Waals surface area contributed by atoms with Gasteiger partial charge in [-0.2, -0.15) is 0 Å². The van der Waals surface area contributed by atoms with E-state index in [0.717, 1.165) is 0 Å². The van der Waals surface area contributed by atoms with Crippen LogP contribution in [0.5, 0.6) is 0 Å². The maximum atomic E-state index is 2.32. The van der Waals surface area contributed by atoms with Crippen molar-refractivity contribution in [2.24, 2.45) is 0 Å². The molecular formula is C19H16. The Labute approximate surface area is 113 Å². The van der Waals surface area contributed by atoms with E-state index >= 15 is 0 Å². The molecule has 0 fully saturated rings. The molecule has 1 atom stereocenters. The van der Waals surface area contributed by atoms with E-state index < -0.39 is 0 Å². The molecule has 0 bridgehead atoms. The summed E-state index contributed by atoms with van der Waals surface area (Å²) in [6.45, 7) is 0. The summed E-state index contributed by atoms with van der Waals surface area (Å²) < 4.78 is 0. The molecule has 0 aromatic heterocycles. The second-order valence-electron chi connectivity index (χ2n) is 5.36. The summed E-state index contributed by atoms with van der Waals surface area (Å²) in [5, 5.41) is 2.80. The van der Waals surface area contributed by atoms with Crippen molar-refractivity contribution in [2.45, 2.75) is 18.8 Å². The van der Waals surface area contributed by atoms with E-state index in [2.05, 4.69) is 66.7 Å².